The Hall–Kier alpha value is -1.30. The van der Waals surface area contributed by atoms with Crippen molar-refractivity contribution in [3.05, 3.63) is 0 Å². The summed E-state index contributed by atoms with van der Waals surface area (Å²) in [5.74, 6) is -1.04. The fourth-order valence-electron chi connectivity index (χ4n) is 2.52. The third-order valence-corrected chi connectivity index (χ3v) is 3.73. The molecule has 0 radical (unpaired) electrons. The number of ether oxygens (including phenoxy) is 2. The Bertz CT molecular complexity index is 371. The summed E-state index contributed by atoms with van der Waals surface area (Å²) in [7, 11) is 1.45. The normalized spacial score (nSPS) is 17.8. The van der Waals surface area contributed by atoms with Gasteiger partial charge in [0.25, 0.3) is 0 Å². The highest BCUT2D eigenvalue weighted by Gasteiger charge is 2.30. The number of aliphatic carboxylic acids is 1. The predicted octanol–water partition coefficient (Wildman–Crippen LogP) is 3.05. The summed E-state index contributed by atoms with van der Waals surface area (Å²) >= 11 is 0. The lowest BCUT2D eigenvalue weighted by molar-refractivity contribution is -0.143. The third-order valence-electron chi connectivity index (χ3n) is 3.73. The second kappa shape index (κ2) is 8.36. The van der Waals surface area contributed by atoms with Crippen LogP contribution in [-0.2, 0) is 14.3 Å². The molecule has 1 N–H and O–H groups in total. The number of hydrogen-bond donors (Lipinski definition) is 1. The molecule has 1 saturated carbocycles. The van der Waals surface area contributed by atoms with Crippen LogP contribution in [0.15, 0.2) is 0 Å². The van der Waals surface area contributed by atoms with Gasteiger partial charge in [0.15, 0.2) is 0 Å². The quantitative estimate of drug-likeness (QED) is 0.815. The molecule has 6 nitrogen and oxygen atoms in total. The van der Waals surface area contributed by atoms with E-state index in [0.717, 1.165) is 17.7 Å². The van der Waals surface area contributed by atoms with Crippen molar-refractivity contribution in [1.82, 2.24) is 4.90 Å². The van der Waals surface area contributed by atoms with E-state index in [2.05, 4.69) is 0 Å². The van der Waals surface area contributed by atoms with Crippen LogP contribution < -0.4 is 0 Å². The van der Waals surface area contributed by atoms with E-state index in [-0.39, 0.29) is 12.5 Å². The van der Waals surface area contributed by atoms with Gasteiger partial charge in [0.2, 0.25) is 0 Å². The molecule has 0 heterocycles. The Morgan fingerprint density at radius 2 is 1.82 bits per heavy atom. The molecular weight excluding hydrogens is 286 g/mol. The van der Waals surface area contributed by atoms with Gasteiger partial charge in [0.1, 0.15) is 11.6 Å². The summed E-state index contributed by atoms with van der Waals surface area (Å²) in [6, 6.07) is -0.932. The molecule has 1 aliphatic carbocycles. The molecule has 22 heavy (non-hydrogen) atoms. The van der Waals surface area contributed by atoms with Crippen LogP contribution in [0.3, 0.4) is 0 Å². The minimum atomic E-state index is -1.04. The first-order valence-electron chi connectivity index (χ1n) is 8.01. The van der Waals surface area contributed by atoms with E-state index in [1.54, 1.807) is 20.8 Å². The second-order valence-corrected chi connectivity index (χ2v) is 6.86. The number of nitrogens with zero attached hydrogens (tertiary/aromatic N) is 1. The van der Waals surface area contributed by atoms with Gasteiger partial charge in [0.05, 0.1) is 6.10 Å². The van der Waals surface area contributed by atoms with Crippen LogP contribution in [-0.4, -0.2) is 53.5 Å². The van der Waals surface area contributed by atoms with Crippen molar-refractivity contribution in [1.29, 1.82) is 0 Å². The predicted molar refractivity (Wildman–Crippen MR) is 82.9 cm³/mol. The number of hydrogen-bond acceptors (Lipinski definition) is 4. The summed E-state index contributed by atoms with van der Waals surface area (Å²) in [4.78, 5) is 24.5. The summed E-state index contributed by atoms with van der Waals surface area (Å²) in [5, 5.41) is 9.32. The van der Waals surface area contributed by atoms with Crippen molar-refractivity contribution >= 4 is 12.1 Å². The standard InChI is InChI=1S/C16H29NO5/c1-16(2,3)22-15(20)17(4)13(14(18)19)10-11-21-12-8-6-5-7-9-12/h12-13H,5-11H2,1-4H3,(H,18,19). The Labute approximate surface area is 132 Å². The summed E-state index contributed by atoms with van der Waals surface area (Å²) < 4.78 is 11.0. The number of carboxylic acid groups (broad SMARTS) is 1. The van der Waals surface area contributed by atoms with Crippen LogP contribution in [0.25, 0.3) is 0 Å². The zero-order chi connectivity index (χ0) is 16.8. The van der Waals surface area contributed by atoms with Crippen molar-refractivity contribution in [3.8, 4) is 0 Å². The fraction of sp³-hybridized carbons (Fsp3) is 0.875. The Kier molecular flexibility index (Phi) is 7.13. The Morgan fingerprint density at radius 1 is 1.23 bits per heavy atom. The lowest BCUT2D eigenvalue weighted by Crippen LogP contribution is -2.45. The van der Waals surface area contributed by atoms with Crippen molar-refractivity contribution in [2.75, 3.05) is 13.7 Å². The molecular formula is C16H29NO5. The number of rotatable bonds is 6. The van der Waals surface area contributed by atoms with E-state index in [1.807, 2.05) is 0 Å². The number of amides is 1. The molecule has 0 aromatic carbocycles. The van der Waals surface area contributed by atoms with Crippen LogP contribution in [0.4, 0.5) is 4.79 Å². The van der Waals surface area contributed by atoms with E-state index in [4.69, 9.17) is 9.47 Å². The lowest BCUT2D eigenvalue weighted by Gasteiger charge is -2.29. The minimum Gasteiger partial charge on any atom is -0.480 e. The van der Waals surface area contributed by atoms with Crippen LogP contribution in [0.2, 0.25) is 0 Å². The number of carboxylic acids is 1. The average Bonchev–Trinajstić information content (AvgIpc) is 2.42. The summed E-state index contributed by atoms with van der Waals surface area (Å²) in [6.45, 7) is 5.59. The number of likely N-dealkylation sites (N-methyl/N-ethyl adjacent to an activating group) is 1. The van der Waals surface area contributed by atoms with Crippen molar-refractivity contribution in [2.24, 2.45) is 0 Å². The molecule has 1 fully saturated rings. The maximum atomic E-state index is 12.0. The van der Waals surface area contributed by atoms with Gasteiger partial charge in [-0.1, -0.05) is 19.3 Å². The topological polar surface area (TPSA) is 76.1 Å². The van der Waals surface area contributed by atoms with E-state index in [9.17, 15) is 14.7 Å². The fourth-order valence-corrected chi connectivity index (χ4v) is 2.52. The molecule has 0 bridgehead atoms. The monoisotopic (exact) mass is 315 g/mol. The molecule has 0 spiro atoms. The van der Waals surface area contributed by atoms with Crippen LogP contribution >= 0.6 is 0 Å². The minimum absolute atomic E-state index is 0.232. The molecule has 1 aliphatic rings. The van der Waals surface area contributed by atoms with Gasteiger partial charge in [-0.2, -0.15) is 0 Å². The SMILES string of the molecule is CN(C(=O)OC(C)(C)C)C(CCOC1CCCCC1)C(=O)O. The van der Waals surface area contributed by atoms with Gasteiger partial charge in [0, 0.05) is 20.1 Å². The number of carbonyl (C=O) groups is 2. The third kappa shape index (κ3) is 6.64. The van der Waals surface area contributed by atoms with E-state index >= 15 is 0 Å². The van der Waals surface area contributed by atoms with Crippen LogP contribution in [0.1, 0.15) is 59.3 Å². The molecule has 128 valence electrons. The highest BCUT2D eigenvalue weighted by molar-refractivity contribution is 5.79. The van der Waals surface area contributed by atoms with Gasteiger partial charge in [-0.25, -0.2) is 9.59 Å². The molecule has 0 aromatic heterocycles. The number of carbonyl (C=O) groups excluding carboxylic acids is 1. The smallest absolute Gasteiger partial charge is 0.410 e. The molecule has 0 aliphatic heterocycles. The molecule has 0 aromatic rings. The van der Waals surface area contributed by atoms with E-state index in [0.29, 0.717) is 6.61 Å². The molecule has 0 saturated heterocycles. The summed E-state index contributed by atoms with van der Waals surface area (Å²) in [5.41, 5.74) is -0.646. The second-order valence-electron chi connectivity index (χ2n) is 6.86. The van der Waals surface area contributed by atoms with Crippen molar-refractivity contribution < 1.29 is 24.2 Å². The average molecular weight is 315 g/mol. The Balaban J connectivity index is 2.46. The molecule has 1 unspecified atom stereocenters. The zero-order valence-corrected chi connectivity index (χ0v) is 14.1. The van der Waals surface area contributed by atoms with Gasteiger partial charge < -0.3 is 14.6 Å². The van der Waals surface area contributed by atoms with Crippen LogP contribution in [0, 0.1) is 0 Å². The highest BCUT2D eigenvalue weighted by Crippen LogP contribution is 2.21. The van der Waals surface area contributed by atoms with Crippen molar-refractivity contribution in [3.63, 3.8) is 0 Å². The molecule has 6 heteroatoms. The summed E-state index contributed by atoms with van der Waals surface area (Å²) in [6.07, 6.45) is 5.54. The van der Waals surface area contributed by atoms with Crippen molar-refractivity contribution in [2.45, 2.75) is 77.0 Å². The lowest BCUT2D eigenvalue weighted by atomic mass is 9.98. The maximum Gasteiger partial charge on any atom is 0.410 e. The largest absolute Gasteiger partial charge is 0.480 e. The Morgan fingerprint density at radius 3 is 2.32 bits per heavy atom. The van der Waals surface area contributed by atoms with Crippen LogP contribution in [0.5, 0.6) is 0 Å². The van der Waals surface area contributed by atoms with Gasteiger partial charge >= 0.3 is 12.1 Å². The van der Waals surface area contributed by atoms with E-state index in [1.165, 1.54) is 26.3 Å². The zero-order valence-electron chi connectivity index (χ0n) is 14.1. The first-order chi connectivity index (χ1) is 10.2. The van der Waals surface area contributed by atoms with Gasteiger partial charge in [-0.05, 0) is 33.6 Å². The molecule has 1 rings (SSSR count). The van der Waals surface area contributed by atoms with Gasteiger partial charge in [-0.15, -0.1) is 0 Å². The first kappa shape index (κ1) is 18.7. The molecule has 1 atom stereocenters. The maximum absolute atomic E-state index is 12.0. The van der Waals surface area contributed by atoms with E-state index < -0.39 is 23.7 Å². The first-order valence-corrected chi connectivity index (χ1v) is 8.01. The van der Waals surface area contributed by atoms with Gasteiger partial charge in [-0.3, -0.25) is 4.90 Å². The molecule has 1 amide bonds. The highest BCUT2D eigenvalue weighted by atomic mass is 16.6.